The highest BCUT2D eigenvalue weighted by molar-refractivity contribution is 7.15. The summed E-state index contributed by atoms with van der Waals surface area (Å²) >= 11 is 1.43. The van der Waals surface area contributed by atoms with Crippen molar-refractivity contribution in [3.8, 4) is 5.75 Å². The lowest BCUT2D eigenvalue weighted by Crippen LogP contribution is -2.13. The number of methoxy groups -OCH3 is 1. The van der Waals surface area contributed by atoms with Crippen LogP contribution in [-0.2, 0) is 17.6 Å². The molecule has 2 aromatic heterocycles. The van der Waals surface area contributed by atoms with Crippen LogP contribution in [-0.4, -0.2) is 23.2 Å². The van der Waals surface area contributed by atoms with Crippen molar-refractivity contribution in [2.24, 2.45) is 0 Å². The predicted molar refractivity (Wildman–Crippen MR) is 93.6 cm³/mol. The van der Waals surface area contributed by atoms with Gasteiger partial charge in [0.25, 0.3) is 0 Å². The number of furan rings is 1. The van der Waals surface area contributed by atoms with Crippen LogP contribution in [0.25, 0.3) is 11.0 Å². The molecule has 6 nitrogen and oxygen atoms in total. The molecule has 0 atom stereocenters. The zero-order valence-electron chi connectivity index (χ0n) is 13.7. The van der Waals surface area contributed by atoms with Crippen LogP contribution in [0.5, 0.6) is 5.75 Å². The van der Waals surface area contributed by atoms with Gasteiger partial charge in [0.15, 0.2) is 0 Å². The van der Waals surface area contributed by atoms with Crippen molar-refractivity contribution >= 4 is 33.3 Å². The van der Waals surface area contributed by atoms with E-state index in [4.69, 9.17) is 9.15 Å². The molecule has 0 unspecified atom stereocenters. The number of unbranched alkanes of at least 4 members (excludes halogenated alkanes) is 1. The number of aryl methyl sites for hydroxylation is 1. The van der Waals surface area contributed by atoms with Crippen molar-refractivity contribution in [2.45, 2.75) is 32.6 Å². The van der Waals surface area contributed by atoms with Crippen molar-refractivity contribution in [1.29, 1.82) is 0 Å². The van der Waals surface area contributed by atoms with E-state index in [0.717, 1.165) is 41.0 Å². The Kier molecular flexibility index (Phi) is 5.10. The normalized spacial score (nSPS) is 10.9. The monoisotopic (exact) mass is 345 g/mol. The molecule has 3 rings (SSSR count). The van der Waals surface area contributed by atoms with Crippen LogP contribution in [0.15, 0.2) is 28.9 Å². The fourth-order valence-electron chi connectivity index (χ4n) is 2.40. The lowest BCUT2D eigenvalue weighted by molar-refractivity contribution is -0.115. The standard InChI is InChI=1S/C17H19N3O3S/c1-3-4-5-16-19-20-17(24-16)18-15(21)8-11-10-23-14-9-12(22-2)6-7-13(11)14/h6-7,9-10H,3-5,8H2,1-2H3,(H,18,20,21). The minimum atomic E-state index is -0.133. The topological polar surface area (TPSA) is 77.3 Å². The number of anilines is 1. The summed E-state index contributed by atoms with van der Waals surface area (Å²) < 4.78 is 10.7. The first kappa shape index (κ1) is 16.4. The van der Waals surface area contributed by atoms with E-state index >= 15 is 0 Å². The third-order valence-corrected chi connectivity index (χ3v) is 4.57. The summed E-state index contributed by atoms with van der Waals surface area (Å²) in [4.78, 5) is 12.2. The van der Waals surface area contributed by atoms with Gasteiger partial charge in [0.05, 0.1) is 19.8 Å². The Morgan fingerprint density at radius 1 is 1.38 bits per heavy atom. The number of aromatic nitrogens is 2. The molecule has 0 aliphatic carbocycles. The molecule has 1 N–H and O–H groups in total. The summed E-state index contributed by atoms with van der Waals surface area (Å²) in [5, 5.41) is 13.3. The number of carbonyl (C=O) groups excluding carboxylic acids is 1. The Morgan fingerprint density at radius 2 is 2.25 bits per heavy atom. The Balaban J connectivity index is 1.65. The molecule has 1 amide bonds. The second-order valence-electron chi connectivity index (χ2n) is 5.45. The maximum absolute atomic E-state index is 12.2. The summed E-state index contributed by atoms with van der Waals surface area (Å²) in [7, 11) is 1.61. The molecule has 0 saturated carbocycles. The van der Waals surface area contributed by atoms with Crippen LogP contribution < -0.4 is 10.1 Å². The number of carbonyl (C=O) groups is 1. The molecule has 0 aliphatic heterocycles. The third kappa shape index (κ3) is 3.73. The van der Waals surface area contributed by atoms with Gasteiger partial charge in [-0.2, -0.15) is 0 Å². The maximum atomic E-state index is 12.2. The summed E-state index contributed by atoms with van der Waals surface area (Å²) in [6.07, 6.45) is 4.92. The molecule has 126 valence electrons. The molecule has 0 radical (unpaired) electrons. The molecule has 2 heterocycles. The Bertz CT molecular complexity index is 841. The van der Waals surface area contributed by atoms with Crippen LogP contribution in [0.3, 0.4) is 0 Å². The van der Waals surface area contributed by atoms with Gasteiger partial charge in [-0.3, -0.25) is 4.79 Å². The van der Waals surface area contributed by atoms with Crippen molar-refractivity contribution < 1.29 is 13.9 Å². The number of hydrogen-bond donors (Lipinski definition) is 1. The van der Waals surface area contributed by atoms with Gasteiger partial charge in [-0.1, -0.05) is 24.7 Å². The van der Waals surface area contributed by atoms with E-state index in [1.807, 2.05) is 18.2 Å². The number of hydrogen-bond acceptors (Lipinski definition) is 6. The van der Waals surface area contributed by atoms with Gasteiger partial charge in [-0.25, -0.2) is 0 Å². The summed E-state index contributed by atoms with van der Waals surface area (Å²) in [5.74, 6) is 0.591. The fourth-order valence-corrected chi connectivity index (χ4v) is 3.19. The van der Waals surface area contributed by atoms with E-state index in [1.165, 1.54) is 11.3 Å². The molecule has 7 heteroatoms. The number of ether oxygens (including phenoxy) is 1. The predicted octanol–water partition coefficient (Wildman–Crippen LogP) is 3.82. The molecule has 0 saturated heterocycles. The molecule has 1 aromatic carbocycles. The average Bonchev–Trinajstić information content (AvgIpc) is 3.19. The van der Waals surface area contributed by atoms with Gasteiger partial charge in [0.1, 0.15) is 16.3 Å². The van der Waals surface area contributed by atoms with Gasteiger partial charge >= 0.3 is 0 Å². The Hall–Kier alpha value is -2.41. The van der Waals surface area contributed by atoms with E-state index in [1.54, 1.807) is 13.4 Å². The molecule has 0 bridgehead atoms. The number of rotatable bonds is 7. The average molecular weight is 345 g/mol. The van der Waals surface area contributed by atoms with Crippen LogP contribution in [0.2, 0.25) is 0 Å². The van der Waals surface area contributed by atoms with Crippen LogP contribution >= 0.6 is 11.3 Å². The number of nitrogens with one attached hydrogen (secondary N) is 1. The van der Waals surface area contributed by atoms with E-state index in [-0.39, 0.29) is 12.3 Å². The minimum absolute atomic E-state index is 0.133. The smallest absolute Gasteiger partial charge is 0.230 e. The quantitative estimate of drug-likeness (QED) is 0.704. The molecule has 0 fully saturated rings. The van der Waals surface area contributed by atoms with Crippen LogP contribution in [0.1, 0.15) is 30.3 Å². The van der Waals surface area contributed by atoms with Crippen molar-refractivity contribution in [1.82, 2.24) is 10.2 Å². The van der Waals surface area contributed by atoms with Crippen LogP contribution in [0, 0.1) is 0 Å². The van der Waals surface area contributed by atoms with Crippen molar-refractivity contribution in [3.05, 3.63) is 35.0 Å². The molecule has 24 heavy (non-hydrogen) atoms. The first-order valence-electron chi connectivity index (χ1n) is 7.86. The number of benzene rings is 1. The number of fused-ring (bicyclic) bond motifs is 1. The minimum Gasteiger partial charge on any atom is -0.497 e. The van der Waals surface area contributed by atoms with Gasteiger partial charge in [0.2, 0.25) is 11.0 Å². The highest BCUT2D eigenvalue weighted by Gasteiger charge is 2.13. The highest BCUT2D eigenvalue weighted by Crippen LogP contribution is 2.26. The van der Waals surface area contributed by atoms with Crippen LogP contribution in [0.4, 0.5) is 5.13 Å². The molecule has 0 aliphatic rings. The molecule has 3 aromatic rings. The largest absolute Gasteiger partial charge is 0.497 e. The first-order chi connectivity index (χ1) is 11.7. The molecule has 0 spiro atoms. The summed E-state index contributed by atoms with van der Waals surface area (Å²) in [6, 6.07) is 5.56. The van der Waals surface area contributed by atoms with Gasteiger partial charge < -0.3 is 14.5 Å². The Morgan fingerprint density at radius 3 is 3.04 bits per heavy atom. The summed E-state index contributed by atoms with van der Waals surface area (Å²) in [5.41, 5.74) is 1.54. The van der Waals surface area contributed by atoms with E-state index in [9.17, 15) is 4.79 Å². The number of amides is 1. The highest BCUT2D eigenvalue weighted by atomic mass is 32.1. The molecular weight excluding hydrogens is 326 g/mol. The second kappa shape index (κ2) is 7.44. The third-order valence-electron chi connectivity index (χ3n) is 3.67. The first-order valence-corrected chi connectivity index (χ1v) is 8.67. The van der Waals surface area contributed by atoms with Crippen molar-refractivity contribution in [3.63, 3.8) is 0 Å². The van der Waals surface area contributed by atoms with Crippen molar-refractivity contribution in [2.75, 3.05) is 12.4 Å². The fraction of sp³-hybridized carbons (Fsp3) is 0.353. The molecular formula is C17H19N3O3S. The maximum Gasteiger partial charge on any atom is 0.230 e. The summed E-state index contributed by atoms with van der Waals surface area (Å²) in [6.45, 7) is 2.13. The zero-order valence-corrected chi connectivity index (χ0v) is 14.5. The zero-order chi connectivity index (χ0) is 16.9. The lowest BCUT2D eigenvalue weighted by Gasteiger charge is -2.01. The number of nitrogens with zero attached hydrogens (tertiary/aromatic N) is 2. The second-order valence-corrected chi connectivity index (χ2v) is 6.51. The van der Waals surface area contributed by atoms with Gasteiger partial charge in [-0.05, 0) is 18.6 Å². The Labute approximate surface area is 143 Å². The van der Waals surface area contributed by atoms with Gasteiger partial charge in [-0.15, -0.1) is 10.2 Å². The lowest BCUT2D eigenvalue weighted by atomic mass is 10.1. The SMILES string of the molecule is CCCCc1nnc(NC(=O)Cc2coc3cc(OC)ccc23)s1. The van der Waals surface area contributed by atoms with Gasteiger partial charge in [0, 0.05) is 23.4 Å². The van der Waals surface area contributed by atoms with E-state index in [2.05, 4.69) is 22.4 Å². The van der Waals surface area contributed by atoms with E-state index < -0.39 is 0 Å². The van der Waals surface area contributed by atoms with E-state index in [0.29, 0.717) is 10.7 Å².